The second kappa shape index (κ2) is 4.47. The van der Waals surface area contributed by atoms with Gasteiger partial charge in [0.25, 0.3) is 0 Å². The van der Waals surface area contributed by atoms with Gasteiger partial charge in [-0.25, -0.2) is 0 Å². The zero-order valence-electron chi connectivity index (χ0n) is 12.7. The van der Waals surface area contributed by atoms with Crippen LogP contribution >= 0.6 is 0 Å². The number of aliphatic carboxylic acids is 1. The third-order valence-corrected chi connectivity index (χ3v) is 6.14. The van der Waals surface area contributed by atoms with Crippen LogP contribution in [0.25, 0.3) is 0 Å². The monoisotopic (exact) mass is 268 g/mol. The molecule has 110 valence electrons. The van der Waals surface area contributed by atoms with Gasteiger partial charge in [0.15, 0.2) is 0 Å². The second-order valence-corrected chi connectivity index (χ2v) is 7.95. The highest BCUT2D eigenvalue weighted by molar-refractivity contribution is 5.67. The molecule has 0 spiro atoms. The maximum absolute atomic E-state index is 11.2. The van der Waals surface area contributed by atoms with E-state index in [-0.39, 0.29) is 23.2 Å². The topological polar surface area (TPSA) is 57.5 Å². The summed E-state index contributed by atoms with van der Waals surface area (Å²) in [7, 11) is 0. The molecule has 0 saturated heterocycles. The minimum atomic E-state index is -0.836. The maximum atomic E-state index is 11.2. The molecule has 2 unspecified atom stereocenters. The van der Waals surface area contributed by atoms with Crippen molar-refractivity contribution < 1.29 is 15.0 Å². The number of carboxylic acids is 1. The second-order valence-electron chi connectivity index (χ2n) is 7.95. The molecule has 2 saturated carbocycles. The Kier molecular flexibility index (Phi) is 3.49. The molecular weight excluding hydrogens is 240 g/mol. The number of rotatable bonds is 2. The molecule has 2 aliphatic carbocycles. The molecule has 3 nitrogen and oxygen atoms in total. The first-order chi connectivity index (χ1) is 8.59. The van der Waals surface area contributed by atoms with Crippen molar-refractivity contribution in [2.24, 2.45) is 22.7 Å². The smallest absolute Gasteiger partial charge is 0.303 e. The predicted octanol–water partition coefficient (Wildman–Crippen LogP) is 3.45. The zero-order valence-corrected chi connectivity index (χ0v) is 12.7. The number of hydrogen-bond acceptors (Lipinski definition) is 2. The largest absolute Gasteiger partial charge is 0.481 e. The first-order valence-electron chi connectivity index (χ1n) is 7.54. The van der Waals surface area contributed by atoms with Crippen molar-refractivity contribution in [1.29, 1.82) is 0 Å². The summed E-state index contributed by atoms with van der Waals surface area (Å²) in [5, 5.41) is 19.9. The van der Waals surface area contributed by atoms with E-state index in [1.54, 1.807) is 0 Å². The zero-order chi connectivity index (χ0) is 14.5. The summed E-state index contributed by atoms with van der Waals surface area (Å²) < 4.78 is 0. The minimum Gasteiger partial charge on any atom is -0.481 e. The van der Waals surface area contributed by atoms with Gasteiger partial charge in [-0.1, -0.05) is 27.2 Å². The summed E-state index contributed by atoms with van der Waals surface area (Å²) in [4.78, 5) is 11.2. The van der Waals surface area contributed by atoms with Crippen LogP contribution in [0.5, 0.6) is 0 Å². The fourth-order valence-corrected chi connectivity index (χ4v) is 5.25. The van der Waals surface area contributed by atoms with Crippen LogP contribution in [-0.4, -0.2) is 21.8 Å². The van der Waals surface area contributed by atoms with Crippen molar-refractivity contribution in [3.63, 3.8) is 0 Å². The van der Waals surface area contributed by atoms with Crippen LogP contribution in [0, 0.1) is 22.7 Å². The number of aliphatic hydroxyl groups is 1. The molecule has 0 aromatic carbocycles. The van der Waals surface area contributed by atoms with Crippen molar-refractivity contribution in [2.75, 3.05) is 0 Å². The first-order valence-corrected chi connectivity index (χ1v) is 7.54. The van der Waals surface area contributed by atoms with Gasteiger partial charge >= 0.3 is 5.97 Å². The standard InChI is InChI=1S/C16H28O3/c1-14(2)7-5-8-15(3)11(14)6-9-16(4,19)12(15)10-13(17)18/h11-12,19H,5-10H2,1-4H3,(H,17,18)/t11?,12?,15-,16+/m0/s1. The van der Waals surface area contributed by atoms with Crippen molar-refractivity contribution in [1.82, 2.24) is 0 Å². The molecule has 0 aromatic heterocycles. The van der Waals surface area contributed by atoms with Crippen LogP contribution in [0.4, 0.5) is 0 Å². The van der Waals surface area contributed by atoms with Crippen LogP contribution in [-0.2, 0) is 4.79 Å². The summed E-state index contributed by atoms with van der Waals surface area (Å²) in [6.07, 6.45) is 5.26. The number of carbonyl (C=O) groups is 1. The SMILES string of the molecule is CC1(C)CCC[C@@]2(C)C1CC[C@@](C)(O)C2CC(=O)O. The Morgan fingerprint density at radius 2 is 1.79 bits per heavy atom. The highest BCUT2D eigenvalue weighted by atomic mass is 16.4. The van der Waals surface area contributed by atoms with E-state index >= 15 is 0 Å². The summed E-state index contributed by atoms with van der Waals surface area (Å²) >= 11 is 0. The maximum Gasteiger partial charge on any atom is 0.303 e. The summed E-state index contributed by atoms with van der Waals surface area (Å²) in [5.74, 6) is -0.385. The van der Waals surface area contributed by atoms with E-state index in [1.807, 2.05) is 6.92 Å². The fraction of sp³-hybridized carbons (Fsp3) is 0.938. The van der Waals surface area contributed by atoms with Gasteiger partial charge in [0.05, 0.1) is 12.0 Å². The van der Waals surface area contributed by atoms with E-state index in [2.05, 4.69) is 20.8 Å². The van der Waals surface area contributed by atoms with Gasteiger partial charge in [0, 0.05) is 5.92 Å². The average molecular weight is 268 g/mol. The molecule has 0 amide bonds. The summed E-state index contributed by atoms with van der Waals surface area (Å²) in [6, 6.07) is 0. The van der Waals surface area contributed by atoms with Gasteiger partial charge in [0.1, 0.15) is 0 Å². The third-order valence-electron chi connectivity index (χ3n) is 6.14. The normalized spacial score (nSPS) is 45.5. The molecule has 0 heterocycles. The molecule has 2 aliphatic rings. The molecule has 0 bridgehead atoms. The molecule has 2 rings (SSSR count). The van der Waals surface area contributed by atoms with Crippen LogP contribution in [0.2, 0.25) is 0 Å². The van der Waals surface area contributed by atoms with E-state index in [4.69, 9.17) is 0 Å². The van der Waals surface area contributed by atoms with Gasteiger partial charge < -0.3 is 10.2 Å². The Morgan fingerprint density at radius 1 is 1.16 bits per heavy atom. The quantitative estimate of drug-likeness (QED) is 0.806. The van der Waals surface area contributed by atoms with Crippen molar-refractivity contribution >= 4 is 5.97 Å². The summed E-state index contributed by atoms with van der Waals surface area (Å²) in [5.41, 5.74) is -0.612. The molecule has 2 fully saturated rings. The number of carboxylic acid groups (broad SMARTS) is 1. The molecule has 0 aliphatic heterocycles. The van der Waals surface area contributed by atoms with Crippen LogP contribution < -0.4 is 0 Å². The lowest BCUT2D eigenvalue weighted by Gasteiger charge is -2.61. The van der Waals surface area contributed by atoms with Gasteiger partial charge in [-0.15, -0.1) is 0 Å². The van der Waals surface area contributed by atoms with Crippen LogP contribution in [0.1, 0.15) is 66.2 Å². The van der Waals surface area contributed by atoms with E-state index in [1.165, 1.54) is 6.42 Å². The fourth-order valence-electron chi connectivity index (χ4n) is 5.25. The van der Waals surface area contributed by atoms with Crippen molar-refractivity contribution in [2.45, 2.75) is 71.8 Å². The van der Waals surface area contributed by atoms with E-state index < -0.39 is 11.6 Å². The molecule has 0 radical (unpaired) electrons. The van der Waals surface area contributed by atoms with Gasteiger partial charge in [-0.3, -0.25) is 4.79 Å². The first kappa shape index (κ1) is 14.8. The predicted molar refractivity (Wildman–Crippen MR) is 74.8 cm³/mol. The molecule has 0 aromatic rings. The molecule has 2 N–H and O–H groups in total. The molecular formula is C16H28O3. The van der Waals surface area contributed by atoms with Crippen molar-refractivity contribution in [3.8, 4) is 0 Å². The highest BCUT2D eigenvalue weighted by Gasteiger charge is 2.58. The lowest BCUT2D eigenvalue weighted by Crippen LogP contribution is -2.58. The lowest BCUT2D eigenvalue weighted by molar-refractivity contribution is -0.178. The minimum absolute atomic E-state index is 0.0398. The Hall–Kier alpha value is -0.570. The Labute approximate surface area is 116 Å². The van der Waals surface area contributed by atoms with Crippen molar-refractivity contribution in [3.05, 3.63) is 0 Å². The lowest BCUT2D eigenvalue weighted by atomic mass is 9.45. The number of fused-ring (bicyclic) bond motifs is 1. The van der Waals surface area contributed by atoms with Crippen LogP contribution in [0.3, 0.4) is 0 Å². The summed E-state index contributed by atoms with van der Waals surface area (Å²) in [6.45, 7) is 8.68. The Balaban J connectivity index is 2.38. The number of hydrogen-bond donors (Lipinski definition) is 2. The Bertz CT molecular complexity index is 372. The van der Waals surface area contributed by atoms with Gasteiger partial charge in [0.2, 0.25) is 0 Å². The van der Waals surface area contributed by atoms with E-state index in [0.29, 0.717) is 5.92 Å². The third kappa shape index (κ3) is 2.42. The molecule has 19 heavy (non-hydrogen) atoms. The average Bonchev–Trinajstić information content (AvgIpc) is 2.22. The highest BCUT2D eigenvalue weighted by Crippen LogP contribution is 2.62. The van der Waals surface area contributed by atoms with Crippen LogP contribution in [0.15, 0.2) is 0 Å². The molecule has 3 heteroatoms. The Morgan fingerprint density at radius 3 is 2.37 bits per heavy atom. The van der Waals surface area contributed by atoms with Gasteiger partial charge in [-0.05, 0) is 49.4 Å². The molecule has 4 atom stereocenters. The van der Waals surface area contributed by atoms with Gasteiger partial charge in [-0.2, -0.15) is 0 Å². The van der Waals surface area contributed by atoms with E-state index in [0.717, 1.165) is 25.7 Å². The van der Waals surface area contributed by atoms with E-state index in [9.17, 15) is 15.0 Å².